The van der Waals surface area contributed by atoms with Crippen molar-refractivity contribution in [2.45, 2.75) is 57.6 Å². The zero-order valence-corrected chi connectivity index (χ0v) is 13.6. The van der Waals surface area contributed by atoms with Crippen LogP contribution >= 0.6 is 0 Å². The summed E-state index contributed by atoms with van der Waals surface area (Å²) < 4.78 is 5.25. The van der Waals surface area contributed by atoms with Crippen LogP contribution in [0.1, 0.15) is 54.9 Å². The third-order valence-electron chi connectivity index (χ3n) is 4.30. The molecule has 1 fully saturated rings. The number of carbonyl (C=O) groups excluding carboxylic acids is 2. The van der Waals surface area contributed by atoms with Crippen molar-refractivity contribution in [2.75, 3.05) is 0 Å². The summed E-state index contributed by atoms with van der Waals surface area (Å²) in [5.74, 6) is -0.948. The van der Waals surface area contributed by atoms with E-state index in [1.165, 1.54) is 6.92 Å². The molecule has 1 aromatic rings. The SMILES string of the molecule is Cc1ccccc1C(=O)O[C@H](C)C(=O)NC1(C#N)CCCCC1. The molecule has 122 valence electrons. The van der Waals surface area contributed by atoms with Crippen LogP contribution in [0.3, 0.4) is 0 Å². The van der Waals surface area contributed by atoms with Gasteiger partial charge in [-0.1, -0.05) is 37.5 Å². The highest BCUT2D eigenvalue weighted by Gasteiger charge is 2.35. The lowest BCUT2D eigenvalue weighted by atomic mass is 9.83. The number of ether oxygens (including phenoxy) is 1. The Morgan fingerprint density at radius 1 is 1.26 bits per heavy atom. The fourth-order valence-electron chi connectivity index (χ4n) is 2.84. The molecule has 0 spiro atoms. The van der Waals surface area contributed by atoms with Crippen molar-refractivity contribution in [3.8, 4) is 6.07 Å². The van der Waals surface area contributed by atoms with Crippen molar-refractivity contribution >= 4 is 11.9 Å². The molecule has 1 atom stereocenters. The van der Waals surface area contributed by atoms with Crippen molar-refractivity contribution in [1.29, 1.82) is 5.26 Å². The molecule has 0 bridgehead atoms. The smallest absolute Gasteiger partial charge is 0.339 e. The predicted octanol–water partition coefficient (Wildman–Crippen LogP) is 2.88. The minimum atomic E-state index is -0.936. The number of benzene rings is 1. The molecule has 1 aromatic carbocycles. The lowest BCUT2D eigenvalue weighted by molar-refractivity contribution is -0.130. The molecule has 1 N–H and O–H groups in total. The van der Waals surface area contributed by atoms with E-state index >= 15 is 0 Å². The van der Waals surface area contributed by atoms with Gasteiger partial charge in [0, 0.05) is 0 Å². The highest BCUT2D eigenvalue weighted by Crippen LogP contribution is 2.27. The van der Waals surface area contributed by atoms with Crippen LogP contribution in [0.25, 0.3) is 0 Å². The molecule has 0 heterocycles. The minimum absolute atomic E-state index is 0.421. The van der Waals surface area contributed by atoms with E-state index in [4.69, 9.17) is 4.74 Å². The summed E-state index contributed by atoms with van der Waals surface area (Å²) in [7, 11) is 0. The molecule has 0 unspecified atom stereocenters. The number of nitriles is 1. The Hall–Kier alpha value is -2.35. The summed E-state index contributed by atoms with van der Waals surface area (Å²) in [6.45, 7) is 3.34. The van der Waals surface area contributed by atoms with Gasteiger partial charge in [0.05, 0.1) is 11.6 Å². The maximum atomic E-state index is 12.3. The number of rotatable bonds is 4. The number of nitrogens with one attached hydrogen (secondary N) is 1. The number of hydrogen-bond donors (Lipinski definition) is 1. The normalized spacial score (nSPS) is 17.6. The van der Waals surface area contributed by atoms with Gasteiger partial charge in [0.2, 0.25) is 0 Å². The highest BCUT2D eigenvalue weighted by atomic mass is 16.5. The van der Waals surface area contributed by atoms with E-state index in [2.05, 4.69) is 11.4 Å². The number of amides is 1. The quantitative estimate of drug-likeness (QED) is 0.867. The van der Waals surface area contributed by atoms with Crippen LogP contribution in [0.5, 0.6) is 0 Å². The molecule has 23 heavy (non-hydrogen) atoms. The minimum Gasteiger partial charge on any atom is -0.449 e. The molecule has 1 aliphatic rings. The molecular weight excluding hydrogens is 292 g/mol. The van der Waals surface area contributed by atoms with Gasteiger partial charge < -0.3 is 10.1 Å². The van der Waals surface area contributed by atoms with Gasteiger partial charge in [0.1, 0.15) is 5.54 Å². The van der Waals surface area contributed by atoms with E-state index < -0.39 is 23.5 Å². The molecule has 1 aliphatic carbocycles. The lowest BCUT2D eigenvalue weighted by Crippen LogP contribution is -2.52. The summed E-state index contributed by atoms with van der Waals surface area (Å²) in [4.78, 5) is 24.4. The first-order valence-corrected chi connectivity index (χ1v) is 7.97. The first-order valence-electron chi connectivity index (χ1n) is 7.97. The van der Waals surface area contributed by atoms with Crippen molar-refractivity contribution in [3.63, 3.8) is 0 Å². The number of aryl methyl sites for hydroxylation is 1. The van der Waals surface area contributed by atoms with Gasteiger partial charge in [-0.05, 0) is 38.3 Å². The summed E-state index contributed by atoms with van der Waals surface area (Å²) in [6.07, 6.45) is 3.28. The molecule has 1 amide bonds. The number of esters is 1. The van der Waals surface area contributed by atoms with E-state index in [1.807, 2.05) is 19.1 Å². The molecule has 1 saturated carbocycles. The van der Waals surface area contributed by atoms with Crippen LogP contribution in [0, 0.1) is 18.3 Å². The third kappa shape index (κ3) is 4.10. The zero-order chi connectivity index (χ0) is 16.9. The van der Waals surface area contributed by atoms with E-state index in [9.17, 15) is 14.9 Å². The molecule has 0 saturated heterocycles. The molecule has 5 nitrogen and oxygen atoms in total. The van der Waals surface area contributed by atoms with Crippen molar-refractivity contribution in [1.82, 2.24) is 5.32 Å². The van der Waals surface area contributed by atoms with Gasteiger partial charge in [0.25, 0.3) is 5.91 Å². The molecular formula is C18H22N2O3. The van der Waals surface area contributed by atoms with Gasteiger partial charge >= 0.3 is 5.97 Å². The predicted molar refractivity (Wildman–Crippen MR) is 85.6 cm³/mol. The summed E-state index contributed by atoms with van der Waals surface area (Å²) in [5, 5.41) is 12.2. The zero-order valence-electron chi connectivity index (χ0n) is 13.6. The van der Waals surface area contributed by atoms with Crippen LogP contribution in [0.4, 0.5) is 0 Å². The van der Waals surface area contributed by atoms with Crippen LogP contribution in [0.15, 0.2) is 24.3 Å². The van der Waals surface area contributed by atoms with E-state index in [0.717, 1.165) is 24.8 Å². The van der Waals surface area contributed by atoms with E-state index in [0.29, 0.717) is 18.4 Å². The van der Waals surface area contributed by atoms with Gasteiger partial charge in [-0.25, -0.2) is 4.79 Å². The van der Waals surface area contributed by atoms with E-state index in [1.54, 1.807) is 12.1 Å². The number of nitrogens with zero attached hydrogens (tertiary/aromatic N) is 1. The second-order valence-corrected chi connectivity index (χ2v) is 6.11. The lowest BCUT2D eigenvalue weighted by Gasteiger charge is -2.32. The van der Waals surface area contributed by atoms with Crippen molar-refractivity contribution < 1.29 is 14.3 Å². The van der Waals surface area contributed by atoms with Crippen molar-refractivity contribution in [2.24, 2.45) is 0 Å². The molecule has 0 radical (unpaired) electrons. The van der Waals surface area contributed by atoms with Crippen LogP contribution in [0.2, 0.25) is 0 Å². The van der Waals surface area contributed by atoms with Crippen LogP contribution < -0.4 is 5.32 Å². The van der Waals surface area contributed by atoms with Crippen LogP contribution in [-0.4, -0.2) is 23.5 Å². The Kier molecular flexibility index (Phi) is 5.38. The first-order chi connectivity index (χ1) is 11.0. The molecule has 0 aromatic heterocycles. The van der Waals surface area contributed by atoms with Gasteiger partial charge in [-0.2, -0.15) is 5.26 Å². The number of carbonyl (C=O) groups is 2. The topological polar surface area (TPSA) is 79.2 Å². The monoisotopic (exact) mass is 314 g/mol. The first kappa shape index (κ1) is 17.0. The highest BCUT2D eigenvalue weighted by molar-refractivity contribution is 5.93. The Morgan fingerprint density at radius 3 is 2.52 bits per heavy atom. The summed E-state index contributed by atoms with van der Waals surface area (Å²) in [6, 6.07) is 9.29. The molecule has 0 aliphatic heterocycles. The second-order valence-electron chi connectivity index (χ2n) is 6.11. The number of hydrogen-bond acceptors (Lipinski definition) is 4. The standard InChI is InChI=1S/C18H22N2O3/c1-13-8-4-5-9-15(13)17(22)23-14(2)16(21)20-18(12-19)10-6-3-7-11-18/h4-5,8-9,14H,3,6-7,10-11H2,1-2H3,(H,20,21)/t14-/m1/s1. The fraction of sp³-hybridized carbons (Fsp3) is 0.500. The maximum Gasteiger partial charge on any atom is 0.339 e. The summed E-state index contributed by atoms with van der Waals surface area (Å²) >= 11 is 0. The van der Waals surface area contributed by atoms with Gasteiger partial charge in [0.15, 0.2) is 6.10 Å². The van der Waals surface area contributed by atoms with Crippen molar-refractivity contribution in [3.05, 3.63) is 35.4 Å². The Morgan fingerprint density at radius 2 is 1.91 bits per heavy atom. The van der Waals surface area contributed by atoms with Crippen LogP contribution in [-0.2, 0) is 9.53 Å². The average molecular weight is 314 g/mol. The average Bonchev–Trinajstić information content (AvgIpc) is 2.55. The maximum absolute atomic E-state index is 12.3. The fourth-order valence-corrected chi connectivity index (χ4v) is 2.84. The Balaban J connectivity index is 1.99. The third-order valence-corrected chi connectivity index (χ3v) is 4.30. The second kappa shape index (κ2) is 7.28. The molecule has 5 heteroatoms. The molecule has 2 rings (SSSR count). The Bertz CT molecular complexity index is 627. The largest absolute Gasteiger partial charge is 0.449 e. The van der Waals surface area contributed by atoms with Gasteiger partial charge in [-0.15, -0.1) is 0 Å². The van der Waals surface area contributed by atoms with Gasteiger partial charge in [-0.3, -0.25) is 4.79 Å². The van der Waals surface area contributed by atoms with E-state index in [-0.39, 0.29) is 0 Å². The Labute approximate surface area is 136 Å². The summed E-state index contributed by atoms with van der Waals surface area (Å²) in [5.41, 5.74) is 0.421.